The van der Waals surface area contributed by atoms with Gasteiger partial charge in [0.25, 0.3) is 0 Å². The summed E-state index contributed by atoms with van der Waals surface area (Å²) in [6.45, 7) is 0. The van der Waals surface area contributed by atoms with Crippen molar-refractivity contribution in [3.8, 4) is 11.4 Å². The van der Waals surface area contributed by atoms with Crippen LogP contribution in [0.1, 0.15) is 0 Å². The lowest BCUT2D eigenvalue weighted by Gasteiger charge is -1.92. The molecule has 0 saturated carbocycles. The minimum Gasteiger partial charge on any atom is -0.397 e. The molecule has 78 valence electrons. The Balaban J connectivity index is 2.19. The maximum absolute atomic E-state index is 5.65. The zero-order valence-electron chi connectivity index (χ0n) is 8.38. The van der Waals surface area contributed by atoms with Crippen molar-refractivity contribution in [2.24, 2.45) is 0 Å². The van der Waals surface area contributed by atoms with Gasteiger partial charge in [0.15, 0.2) is 5.65 Å². The summed E-state index contributed by atoms with van der Waals surface area (Å²) < 4.78 is 0. The van der Waals surface area contributed by atoms with Crippen LogP contribution in [0.25, 0.3) is 22.6 Å². The van der Waals surface area contributed by atoms with Gasteiger partial charge in [0.05, 0.1) is 17.4 Å². The van der Waals surface area contributed by atoms with Gasteiger partial charge >= 0.3 is 0 Å². The van der Waals surface area contributed by atoms with Crippen LogP contribution in [-0.4, -0.2) is 19.9 Å². The zero-order valence-corrected chi connectivity index (χ0v) is 8.38. The number of hydrogen-bond acceptors (Lipinski definition) is 4. The Morgan fingerprint density at radius 3 is 2.81 bits per heavy atom. The molecule has 5 heteroatoms. The monoisotopic (exact) mass is 211 g/mol. The van der Waals surface area contributed by atoms with E-state index in [1.54, 1.807) is 18.6 Å². The lowest BCUT2D eigenvalue weighted by molar-refractivity contribution is 1.27. The number of H-pyrrole nitrogens is 1. The number of imidazole rings is 1. The highest BCUT2D eigenvalue weighted by Gasteiger charge is 2.05. The molecule has 3 N–H and O–H groups in total. The van der Waals surface area contributed by atoms with Crippen LogP contribution in [-0.2, 0) is 0 Å². The number of rotatable bonds is 1. The summed E-state index contributed by atoms with van der Waals surface area (Å²) in [7, 11) is 0. The number of fused-ring (bicyclic) bond motifs is 1. The molecular formula is C11H9N5. The first-order valence-corrected chi connectivity index (χ1v) is 4.84. The fourth-order valence-electron chi connectivity index (χ4n) is 1.56. The van der Waals surface area contributed by atoms with Crippen LogP contribution in [0.3, 0.4) is 0 Å². The average Bonchev–Trinajstić information content (AvgIpc) is 2.73. The molecule has 3 rings (SSSR count). The molecule has 0 aliphatic rings. The summed E-state index contributed by atoms with van der Waals surface area (Å²) in [4.78, 5) is 15.7. The number of hydrogen-bond donors (Lipinski definition) is 2. The van der Waals surface area contributed by atoms with Gasteiger partial charge in [-0.1, -0.05) is 0 Å². The largest absolute Gasteiger partial charge is 0.397 e. The summed E-state index contributed by atoms with van der Waals surface area (Å²) in [6, 6.07) is 5.60. The molecule has 0 aliphatic carbocycles. The summed E-state index contributed by atoms with van der Waals surface area (Å²) >= 11 is 0. The van der Waals surface area contributed by atoms with Crippen LogP contribution >= 0.6 is 0 Å². The van der Waals surface area contributed by atoms with Gasteiger partial charge in [0, 0.05) is 18.0 Å². The van der Waals surface area contributed by atoms with E-state index in [1.807, 2.05) is 18.2 Å². The molecule has 0 atom stereocenters. The molecule has 16 heavy (non-hydrogen) atoms. The van der Waals surface area contributed by atoms with E-state index >= 15 is 0 Å². The first-order chi connectivity index (χ1) is 7.83. The van der Waals surface area contributed by atoms with Crippen molar-refractivity contribution in [2.45, 2.75) is 0 Å². The van der Waals surface area contributed by atoms with E-state index in [1.165, 1.54) is 0 Å². The van der Waals surface area contributed by atoms with Crippen molar-refractivity contribution in [3.05, 3.63) is 36.8 Å². The smallest absolute Gasteiger partial charge is 0.178 e. The van der Waals surface area contributed by atoms with Gasteiger partial charge < -0.3 is 10.7 Å². The lowest BCUT2D eigenvalue weighted by atomic mass is 10.2. The van der Waals surface area contributed by atoms with Gasteiger partial charge in [-0.25, -0.2) is 9.97 Å². The highest BCUT2D eigenvalue weighted by atomic mass is 15.0. The molecule has 0 amide bonds. The Morgan fingerprint density at radius 2 is 2.00 bits per heavy atom. The van der Waals surface area contributed by atoms with E-state index in [2.05, 4.69) is 19.9 Å². The molecule has 0 bridgehead atoms. The van der Waals surface area contributed by atoms with Gasteiger partial charge in [0.1, 0.15) is 5.82 Å². The van der Waals surface area contributed by atoms with Crippen LogP contribution in [0.4, 0.5) is 5.69 Å². The van der Waals surface area contributed by atoms with E-state index in [4.69, 9.17) is 5.73 Å². The Kier molecular flexibility index (Phi) is 1.83. The number of nitrogens with zero attached hydrogens (tertiary/aromatic N) is 3. The van der Waals surface area contributed by atoms with Crippen molar-refractivity contribution in [2.75, 3.05) is 5.73 Å². The summed E-state index contributed by atoms with van der Waals surface area (Å²) in [5, 5.41) is 0. The Labute approximate surface area is 91.4 Å². The second kappa shape index (κ2) is 3.30. The van der Waals surface area contributed by atoms with Crippen molar-refractivity contribution in [1.29, 1.82) is 0 Å². The first-order valence-electron chi connectivity index (χ1n) is 4.84. The first kappa shape index (κ1) is 8.84. The third-order valence-electron chi connectivity index (χ3n) is 2.31. The number of aromatic nitrogens is 4. The van der Waals surface area contributed by atoms with Gasteiger partial charge in [-0.15, -0.1) is 0 Å². The maximum Gasteiger partial charge on any atom is 0.178 e. The summed E-state index contributed by atoms with van der Waals surface area (Å²) in [5.41, 5.74) is 8.76. The average molecular weight is 211 g/mol. The minimum atomic E-state index is 0.623. The molecule has 0 fully saturated rings. The molecule has 3 heterocycles. The van der Waals surface area contributed by atoms with Crippen LogP contribution in [0.2, 0.25) is 0 Å². The highest BCUT2D eigenvalue weighted by molar-refractivity contribution is 5.78. The molecule has 0 unspecified atom stereocenters. The lowest BCUT2D eigenvalue weighted by Crippen LogP contribution is -1.85. The fourth-order valence-corrected chi connectivity index (χ4v) is 1.56. The molecule has 0 aliphatic heterocycles. The molecule has 0 aromatic carbocycles. The molecule has 0 radical (unpaired) electrons. The quantitative estimate of drug-likeness (QED) is 0.640. The Bertz CT molecular complexity index is 629. The number of pyridine rings is 2. The predicted molar refractivity (Wildman–Crippen MR) is 61.5 cm³/mol. The van der Waals surface area contributed by atoms with Gasteiger partial charge in [-0.05, 0) is 18.2 Å². The molecule has 0 saturated heterocycles. The molecular weight excluding hydrogens is 202 g/mol. The van der Waals surface area contributed by atoms with Crippen molar-refractivity contribution < 1.29 is 0 Å². The van der Waals surface area contributed by atoms with E-state index in [9.17, 15) is 0 Å². The number of anilines is 1. The Morgan fingerprint density at radius 1 is 1.19 bits per heavy atom. The normalized spacial score (nSPS) is 10.8. The van der Waals surface area contributed by atoms with Crippen LogP contribution < -0.4 is 5.73 Å². The fraction of sp³-hybridized carbons (Fsp3) is 0. The SMILES string of the molecule is Nc1cnc2nc(-c3ccncc3)[nH]c2c1. The van der Waals surface area contributed by atoms with Gasteiger partial charge in [-0.3, -0.25) is 4.98 Å². The topological polar surface area (TPSA) is 80.5 Å². The Hall–Kier alpha value is -2.43. The van der Waals surface area contributed by atoms with Crippen LogP contribution in [0.15, 0.2) is 36.8 Å². The minimum absolute atomic E-state index is 0.623. The van der Waals surface area contributed by atoms with E-state index in [0.29, 0.717) is 11.3 Å². The van der Waals surface area contributed by atoms with Gasteiger partial charge in [0.2, 0.25) is 0 Å². The van der Waals surface area contributed by atoms with Crippen molar-refractivity contribution in [3.63, 3.8) is 0 Å². The van der Waals surface area contributed by atoms with E-state index < -0.39 is 0 Å². The molecule has 5 nitrogen and oxygen atoms in total. The standard InChI is InChI=1S/C11H9N5/c12-8-5-9-11(14-6-8)16-10(15-9)7-1-3-13-4-2-7/h1-6H,12H2,(H,14,15,16). The second-order valence-corrected chi connectivity index (χ2v) is 3.46. The van der Waals surface area contributed by atoms with Crippen LogP contribution in [0.5, 0.6) is 0 Å². The van der Waals surface area contributed by atoms with E-state index in [0.717, 1.165) is 16.9 Å². The zero-order chi connectivity index (χ0) is 11.0. The molecule has 3 aromatic rings. The third kappa shape index (κ3) is 1.38. The number of aromatic amines is 1. The number of nitrogen functional groups attached to an aromatic ring is 1. The predicted octanol–water partition coefficient (Wildman–Crippen LogP) is 1.60. The molecule has 3 aromatic heterocycles. The van der Waals surface area contributed by atoms with Crippen molar-refractivity contribution >= 4 is 16.9 Å². The van der Waals surface area contributed by atoms with Crippen LogP contribution in [0, 0.1) is 0 Å². The van der Waals surface area contributed by atoms with Gasteiger partial charge in [-0.2, -0.15) is 0 Å². The maximum atomic E-state index is 5.65. The summed E-state index contributed by atoms with van der Waals surface area (Å²) in [6.07, 6.45) is 5.05. The third-order valence-corrected chi connectivity index (χ3v) is 2.31. The second-order valence-electron chi connectivity index (χ2n) is 3.46. The molecule has 0 spiro atoms. The number of nitrogens with two attached hydrogens (primary N) is 1. The summed E-state index contributed by atoms with van der Waals surface area (Å²) in [5.74, 6) is 0.774. The highest BCUT2D eigenvalue weighted by Crippen LogP contribution is 2.19. The van der Waals surface area contributed by atoms with E-state index in [-0.39, 0.29) is 0 Å². The number of nitrogens with one attached hydrogen (secondary N) is 1. The van der Waals surface area contributed by atoms with Crippen molar-refractivity contribution in [1.82, 2.24) is 19.9 Å².